The molecule has 0 amide bonds. The highest BCUT2D eigenvalue weighted by atomic mass is 15.2. The van der Waals surface area contributed by atoms with Crippen molar-refractivity contribution in [3.63, 3.8) is 0 Å². The average molecular weight is 249 g/mol. The minimum Gasteiger partial charge on any atom is -0.259 e. The third-order valence-electron chi connectivity index (χ3n) is 3.13. The number of hydrogen-bond acceptors (Lipinski definition) is 2. The van der Waals surface area contributed by atoms with Gasteiger partial charge in [-0.05, 0) is 25.0 Å². The molecule has 94 valence electrons. The smallest absolute Gasteiger partial charge is 0.156 e. The molecule has 1 heterocycles. The molecule has 19 heavy (non-hydrogen) atoms. The van der Waals surface area contributed by atoms with Crippen LogP contribution in [0.3, 0.4) is 0 Å². The Hall–Kier alpha value is -2.42. The van der Waals surface area contributed by atoms with Crippen molar-refractivity contribution in [2.24, 2.45) is 0 Å². The van der Waals surface area contributed by atoms with Gasteiger partial charge in [0.25, 0.3) is 0 Å². The van der Waals surface area contributed by atoms with Crippen molar-refractivity contribution in [2.75, 3.05) is 0 Å². The van der Waals surface area contributed by atoms with Gasteiger partial charge in [-0.3, -0.25) is 5.10 Å². The number of nitrogens with one attached hydrogen (secondary N) is 1. The number of benzene rings is 2. The van der Waals surface area contributed by atoms with Crippen molar-refractivity contribution < 1.29 is 0 Å². The molecule has 0 unspecified atom stereocenters. The van der Waals surface area contributed by atoms with Crippen LogP contribution in [0.15, 0.2) is 48.8 Å². The third kappa shape index (κ3) is 2.27. The maximum atomic E-state index is 4.25. The van der Waals surface area contributed by atoms with Gasteiger partial charge in [0.2, 0.25) is 0 Å². The maximum Gasteiger partial charge on any atom is 0.156 e. The summed E-state index contributed by atoms with van der Waals surface area (Å²) in [5.41, 5.74) is 5.99. The normalized spacial score (nSPS) is 10.6. The first-order chi connectivity index (χ1) is 9.24. The molecule has 0 aliphatic rings. The van der Waals surface area contributed by atoms with Crippen molar-refractivity contribution in [1.29, 1.82) is 0 Å². The summed E-state index contributed by atoms with van der Waals surface area (Å²) >= 11 is 0. The number of H-pyrrole nitrogens is 1. The molecule has 0 saturated heterocycles. The van der Waals surface area contributed by atoms with Gasteiger partial charge in [0.1, 0.15) is 6.33 Å². The van der Waals surface area contributed by atoms with E-state index in [-0.39, 0.29) is 0 Å². The second-order valence-electron chi connectivity index (χ2n) is 4.76. The fourth-order valence-electron chi connectivity index (χ4n) is 2.41. The summed E-state index contributed by atoms with van der Waals surface area (Å²) in [4.78, 5) is 4.25. The van der Waals surface area contributed by atoms with Gasteiger partial charge < -0.3 is 0 Å². The molecule has 0 atom stereocenters. The first kappa shape index (κ1) is 11.7. The highest BCUT2D eigenvalue weighted by Crippen LogP contribution is 2.30. The third-order valence-corrected chi connectivity index (χ3v) is 3.13. The largest absolute Gasteiger partial charge is 0.259 e. The lowest BCUT2D eigenvalue weighted by molar-refractivity contribution is 1.10. The van der Waals surface area contributed by atoms with E-state index in [1.54, 1.807) is 0 Å². The molecule has 0 fully saturated rings. The fourth-order valence-corrected chi connectivity index (χ4v) is 2.41. The molecule has 3 rings (SSSR count). The van der Waals surface area contributed by atoms with E-state index in [2.05, 4.69) is 59.4 Å². The Balaban J connectivity index is 2.20. The molecule has 1 N–H and O–H groups in total. The molecule has 0 bridgehead atoms. The van der Waals surface area contributed by atoms with Gasteiger partial charge in [0.15, 0.2) is 5.82 Å². The van der Waals surface area contributed by atoms with Crippen LogP contribution in [-0.2, 0) is 0 Å². The van der Waals surface area contributed by atoms with Gasteiger partial charge in [-0.1, -0.05) is 53.6 Å². The summed E-state index contributed by atoms with van der Waals surface area (Å²) in [6, 6.07) is 14.8. The van der Waals surface area contributed by atoms with Crippen molar-refractivity contribution >= 4 is 0 Å². The molecule has 0 saturated carbocycles. The summed E-state index contributed by atoms with van der Waals surface area (Å²) in [7, 11) is 0. The minimum atomic E-state index is 0.801. The first-order valence-electron chi connectivity index (χ1n) is 6.27. The molecule has 3 aromatic rings. The van der Waals surface area contributed by atoms with E-state index in [0.717, 1.165) is 11.4 Å². The predicted octanol–water partition coefficient (Wildman–Crippen LogP) is 3.76. The summed E-state index contributed by atoms with van der Waals surface area (Å²) in [5, 5.41) is 6.86. The summed E-state index contributed by atoms with van der Waals surface area (Å²) < 4.78 is 0. The molecule has 2 aromatic carbocycles. The summed E-state index contributed by atoms with van der Waals surface area (Å²) in [6.45, 7) is 4.24. The highest BCUT2D eigenvalue weighted by Gasteiger charge is 2.09. The van der Waals surface area contributed by atoms with Crippen molar-refractivity contribution in [3.05, 3.63) is 59.9 Å². The van der Waals surface area contributed by atoms with Crippen molar-refractivity contribution in [3.8, 4) is 22.5 Å². The molecule has 0 spiro atoms. The molecule has 0 radical (unpaired) electrons. The van der Waals surface area contributed by atoms with Crippen LogP contribution in [0, 0.1) is 13.8 Å². The van der Waals surface area contributed by atoms with Crippen LogP contribution in [0.25, 0.3) is 22.5 Å². The first-order valence-corrected chi connectivity index (χ1v) is 6.27. The van der Waals surface area contributed by atoms with E-state index in [1.807, 2.05) is 12.1 Å². The number of aromatic nitrogens is 3. The van der Waals surface area contributed by atoms with E-state index in [1.165, 1.54) is 28.6 Å². The van der Waals surface area contributed by atoms with Crippen LogP contribution < -0.4 is 0 Å². The zero-order valence-electron chi connectivity index (χ0n) is 11.0. The van der Waals surface area contributed by atoms with E-state index in [0.29, 0.717) is 0 Å². The quantitative estimate of drug-likeness (QED) is 0.751. The Morgan fingerprint density at radius 1 is 0.895 bits per heavy atom. The summed E-state index contributed by atoms with van der Waals surface area (Å²) in [6.07, 6.45) is 1.54. The second kappa shape index (κ2) is 4.69. The lowest BCUT2D eigenvalue weighted by Crippen LogP contribution is -1.88. The average Bonchev–Trinajstić information content (AvgIpc) is 2.91. The second-order valence-corrected chi connectivity index (χ2v) is 4.76. The predicted molar refractivity (Wildman–Crippen MR) is 76.7 cm³/mol. The van der Waals surface area contributed by atoms with Crippen molar-refractivity contribution in [2.45, 2.75) is 13.8 Å². The number of nitrogens with zero attached hydrogens (tertiary/aromatic N) is 2. The Kier molecular flexibility index (Phi) is 2.88. The lowest BCUT2D eigenvalue weighted by Gasteiger charge is -2.09. The van der Waals surface area contributed by atoms with Gasteiger partial charge in [-0.15, -0.1) is 0 Å². The Labute approximate surface area is 112 Å². The van der Waals surface area contributed by atoms with E-state index in [4.69, 9.17) is 0 Å². The standard InChI is InChI=1S/C16H15N3/c1-11-7-12(2)9-13(8-11)14-5-3-4-6-15(14)16-17-10-18-19-16/h3-10H,1-2H3,(H,17,18,19). The molecule has 3 heteroatoms. The molecular formula is C16H15N3. The topological polar surface area (TPSA) is 41.6 Å². The zero-order chi connectivity index (χ0) is 13.2. The van der Waals surface area contributed by atoms with E-state index < -0.39 is 0 Å². The number of aromatic amines is 1. The Bertz CT molecular complexity index is 680. The summed E-state index contributed by atoms with van der Waals surface area (Å²) in [5.74, 6) is 0.801. The maximum absolute atomic E-state index is 4.25. The van der Waals surface area contributed by atoms with Gasteiger partial charge >= 0.3 is 0 Å². The van der Waals surface area contributed by atoms with Gasteiger partial charge in [-0.25, -0.2) is 4.98 Å². The minimum absolute atomic E-state index is 0.801. The van der Waals surface area contributed by atoms with E-state index >= 15 is 0 Å². The van der Waals surface area contributed by atoms with Crippen LogP contribution in [-0.4, -0.2) is 15.2 Å². The number of aryl methyl sites for hydroxylation is 2. The Morgan fingerprint density at radius 3 is 2.21 bits per heavy atom. The molecule has 0 aliphatic carbocycles. The lowest BCUT2D eigenvalue weighted by atomic mass is 9.96. The van der Waals surface area contributed by atoms with Crippen LogP contribution in [0.1, 0.15) is 11.1 Å². The molecule has 1 aromatic heterocycles. The van der Waals surface area contributed by atoms with Crippen LogP contribution in [0.5, 0.6) is 0 Å². The SMILES string of the molecule is Cc1cc(C)cc(-c2ccccc2-c2ncn[nH]2)c1. The molecule has 3 nitrogen and oxygen atoms in total. The van der Waals surface area contributed by atoms with E-state index in [9.17, 15) is 0 Å². The zero-order valence-corrected chi connectivity index (χ0v) is 11.0. The van der Waals surface area contributed by atoms with Crippen LogP contribution >= 0.6 is 0 Å². The van der Waals surface area contributed by atoms with Crippen molar-refractivity contribution in [1.82, 2.24) is 15.2 Å². The van der Waals surface area contributed by atoms with Gasteiger partial charge in [0, 0.05) is 5.56 Å². The Morgan fingerprint density at radius 2 is 1.58 bits per heavy atom. The van der Waals surface area contributed by atoms with Gasteiger partial charge in [-0.2, -0.15) is 5.10 Å². The highest BCUT2D eigenvalue weighted by molar-refractivity contribution is 5.80. The number of hydrogen-bond donors (Lipinski definition) is 1. The molecular weight excluding hydrogens is 234 g/mol. The van der Waals surface area contributed by atoms with Crippen LogP contribution in [0.2, 0.25) is 0 Å². The van der Waals surface area contributed by atoms with Crippen LogP contribution in [0.4, 0.5) is 0 Å². The monoisotopic (exact) mass is 249 g/mol. The fraction of sp³-hybridized carbons (Fsp3) is 0.125. The van der Waals surface area contributed by atoms with Gasteiger partial charge in [0.05, 0.1) is 0 Å². The molecule has 0 aliphatic heterocycles. The number of rotatable bonds is 2.